The molecule has 3 amide bonds. The molecule has 2 fully saturated rings. The maximum absolute atomic E-state index is 13.4. The van der Waals surface area contributed by atoms with Gasteiger partial charge in [-0.3, -0.25) is 14.4 Å². The molecule has 1 atom stereocenters. The third-order valence-electron chi connectivity index (χ3n) is 7.47. The fourth-order valence-electron chi connectivity index (χ4n) is 4.90. The number of nitrogens with zero attached hydrogens (tertiary/aromatic N) is 3. The van der Waals surface area contributed by atoms with E-state index in [0.29, 0.717) is 6.42 Å². The fourth-order valence-corrected chi connectivity index (χ4v) is 4.90. The highest BCUT2D eigenvalue weighted by molar-refractivity contribution is 6.01. The van der Waals surface area contributed by atoms with Crippen LogP contribution in [0.4, 0.5) is 4.79 Å². The van der Waals surface area contributed by atoms with Crippen molar-refractivity contribution in [2.45, 2.75) is 50.7 Å². The lowest BCUT2D eigenvalue weighted by molar-refractivity contribution is -0.163. The number of aromatic carboxylic acids is 1. The summed E-state index contributed by atoms with van der Waals surface area (Å²) >= 11 is 0. The predicted octanol–water partition coefficient (Wildman–Crippen LogP) is 1.58. The number of carbonyl (C=O) groups excluding carboxylic acids is 3. The number of amides is 3. The molecule has 2 heterocycles. The van der Waals surface area contributed by atoms with Crippen molar-refractivity contribution in [1.82, 2.24) is 20.1 Å². The maximum Gasteiger partial charge on any atom is 0.409 e. The minimum Gasteiger partial charge on any atom is -0.481 e. The lowest BCUT2D eigenvalue weighted by Crippen LogP contribution is -2.56. The molecule has 2 aromatic rings. The number of pyridine rings is 1. The summed E-state index contributed by atoms with van der Waals surface area (Å²) in [7, 11) is 0. The maximum atomic E-state index is 13.4. The van der Waals surface area contributed by atoms with Crippen LogP contribution < -0.4 is 10.1 Å². The summed E-state index contributed by atoms with van der Waals surface area (Å²) in [6, 6.07) is 3.83. The molecular formula is C28H32N4O11. The van der Waals surface area contributed by atoms with E-state index < -0.39 is 53.9 Å². The third-order valence-corrected chi connectivity index (χ3v) is 7.47. The summed E-state index contributed by atoms with van der Waals surface area (Å²) in [5, 5.41) is 31.2. The van der Waals surface area contributed by atoms with Crippen LogP contribution in [0, 0.1) is 0 Å². The summed E-state index contributed by atoms with van der Waals surface area (Å²) in [4.78, 5) is 80.9. The molecule has 4 rings (SSSR count). The molecule has 4 N–H and O–H groups in total. The number of carbonyl (C=O) groups is 6. The van der Waals surface area contributed by atoms with E-state index in [4.69, 9.17) is 9.47 Å². The van der Waals surface area contributed by atoms with Gasteiger partial charge in [0.1, 0.15) is 17.5 Å². The third kappa shape index (κ3) is 6.93. The van der Waals surface area contributed by atoms with Crippen LogP contribution in [-0.4, -0.2) is 110 Å². The van der Waals surface area contributed by atoms with Crippen molar-refractivity contribution in [1.29, 1.82) is 0 Å². The molecule has 15 heteroatoms. The summed E-state index contributed by atoms with van der Waals surface area (Å²) in [5.41, 5.74) is -1.74. The van der Waals surface area contributed by atoms with Crippen molar-refractivity contribution in [3.63, 3.8) is 0 Å². The van der Waals surface area contributed by atoms with E-state index in [2.05, 4.69) is 10.3 Å². The van der Waals surface area contributed by atoms with Gasteiger partial charge in [-0.05, 0) is 50.8 Å². The zero-order valence-corrected chi connectivity index (χ0v) is 23.4. The predicted molar refractivity (Wildman–Crippen MR) is 147 cm³/mol. The van der Waals surface area contributed by atoms with Gasteiger partial charge >= 0.3 is 24.0 Å². The number of nitrogens with one attached hydrogen (secondary N) is 1. The Balaban J connectivity index is 1.60. The first-order chi connectivity index (χ1) is 20.4. The number of carboxylic acids is 3. The highest BCUT2D eigenvalue weighted by Gasteiger charge is 2.47. The molecule has 2 aliphatic rings. The topological polar surface area (TPSA) is 213 Å². The Morgan fingerprint density at radius 2 is 1.67 bits per heavy atom. The quantitative estimate of drug-likeness (QED) is 0.289. The van der Waals surface area contributed by atoms with Crippen LogP contribution >= 0.6 is 0 Å². The van der Waals surface area contributed by atoms with Crippen LogP contribution in [-0.2, 0) is 19.1 Å². The molecule has 1 aliphatic carbocycles. The van der Waals surface area contributed by atoms with Crippen molar-refractivity contribution in [2.24, 2.45) is 0 Å². The number of hydrogen-bond acceptors (Lipinski definition) is 9. The lowest BCUT2D eigenvalue weighted by atomic mass is 9.80. The highest BCUT2D eigenvalue weighted by atomic mass is 16.6. The van der Waals surface area contributed by atoms with E-state index >= 15 is 0 Å². The average Bonchev–Trinajstić information content (AvgIpc) is 2.95. The summed E-state index contributed by atoms with van der Waals surface area (Å²) < 4.78 is 10.9. The van der Waals surface area contributed by atoms with Gasteiger partial charge < -0.3 is 39.9 Å². The van der Waals surface area contributed by atoms with Crippen LogP contribution in [0.2, 0.25) is 0 Å². The monoisotopic (exact) mass is 600 g/mol. The smallest absolute Gasteiger partial charge is 0.409 e. The second-order valence-corrected chi connectivity index (χ2v) is 10.3. The first-order valence-electron chi connectivity index (χ1n) is 13.8. The number of aromatic nitrogens is 1. The number of fused-ring (bicyclic) bond motifs is 1. The highest BCUT2D eigenvalue weighted by Crippen LogP contribution is 2.39. The average molecular weight is 601 g/mol. The zero-order valence-electron chi connectivity index (χ0n) is 23.4. The SMILES string of the molecule is CCOC(=O)N1CCN(C(=O)C(CCC(=O)O)NC(=O)c2cc(OC3(C(=O)O)CCC3)c3cc(C(=O)O)ccc3n2)CC1. The van der Waals surface area contributed by atoms with Gasteiger partial charge in [0.25, 0.3) is 5.91 Å². The molecule has 230 valence electrons. The minimum absolute atomic E-state index is 0.0659. The first-order valence-corrected chi connectivity index (χ1v) is 13.8. The van der Waals surface area contributed by atoms with Crippen molar-refractivity contribution in [2.75, 3.05) is 32.8 Å². The van der Waals surface area contributed by atoms with Crippen LogP contribution in [0.3, 0.4) is 0 Å². The van der Waals surface area contributed by atoms with Crippen LogP contribution in [0.25, 0.3) is 10.9 Å². The lowest BCUT2D eigenvalue weighted by Gasteiger charge is -2.38. The van der Waals surface area contributed by atoms with Gasteiger partial charge in [-0.2, -0.15) is 0 Å². The van der Waals surface area contributed by atoms with Crippen LogP contribution in [0.15, 0.2) is 24.3 Å². The Labute approximate surface area is 245 Å². The molecule has 0 radical (unpaired) electrons. The Morgan fingerprint density at radius 1 is 1.00 bits per heavy atom. The molecule has 43 heavy (non-hydrogen) atoms. The van der Waals surface area contributed by atoms with Gasteiger partial charge in [-0.25, -0.2) is 19.4 Å². The number of ether oxygens (including phenoxy) is 2. The number of benzene rings is 1. The summed E-state index contributed by atoms with van der Waals surface area (Å²) in [6.07, 6.45) is -0.127. The Morgan fingerprint density at radius 3 is 2.23 bits per heavy atom. The van der Waals surface area contributed by atoms with Gasteiger partial charge in [0.05, 0.1) is 17.7 Å². The van der Waals surface area contributed by atoms with Crippen molar-refractivity contribution in [3.8, 4) is 5.75 Å². The van der Waals surface area contributed by atoms with E-state index in [1.54, 1.807) is 6.92 Å². The van der Waals surface area contributed by atoms with Gasteiger partial charge in [0.15, 0.2) is 0 Å². The molecule has 1 aliphatic heterocycles. The molecule has 1 aromatic heterocycles. The second kappa shape index (κ2) is 12.9. The minimum atomic E-state index is -1.55. The Kier molecular flexibility index (Phi) is 9.31. The van der Waals surface area contributed by atoms with E-state index in [1.807, 2.05) is 0 Å². The number of piperazine rings is 1. The Hall–Kier alpha value is -4.95. The van der Waals surface area contributed by atoms with Crippen LogP contribution in [0.1, 0.15) is 59.9 Å². The van der Waals surface area contributed by atoms with E-state index in [-0.39, 0.29) is 80.0 Å². The standard InChI is InChI=1S/C28H32N4O11/c1-2-42-27(41)32-12-10-31(11-13-32)24(36)19(6-7-22(33)34)30-23(35)20-15-21(43-28(26(39)40)8-3-9-28)17-14-16(25(37)38)4-5-18(17)29-20/h4-5,14-15,19H,2-3,6-13H2,1H3,(H,30,35)(H,33,34)(H,37,38)(H,39,40). The summed E-state index contributed by atoms with van der Waals surface area (Å²) in [5.74, 6) is -5.06. The molecular weight excluding hydrogens is 568 g/mol. The molecule has 1 unspecified atom stereocenters. The van der Waals surface area contributed by atoms with Gasteiger partial charge in [-0.15, -0.1) is 0 Å². The van der Waals surface area contributed by atoms with Crippen molar-refractivity contribution < 1.29 is 53.6 Å². The number of rotatable bonds is 11. The molecule has 1 saturated heterocycles. The molecule has 1 aromatic carbocycles. The fraction of sp³-hybridized carbons (Fsp3) is 0.464. The van der Waals surface area contributed by atoms with Gasteiger partial charge in [0.2, 0.25) is 11.5 Å². The number of aliphatic carboxylic acids is 2. The number of hydrogen-bond donors (Lipinski definition) is 4. The van der Waals surface area contributed by atoms with E-state index in [9.17, 15) is 44.1 Å². The van der Waals surface area contributed by atoms with Crippen molar-refractivity contribution in [3.05, 3.63) is 35.5 Å². The van der Waals surface area contributed by atoms with E-state index in [1.165, 1.54) is 34.1 Å². The number of carboxylic acid groups (broad SMARTS) is 3. The molecule has 0 bridgehead atoms. The summed E-state index contributed by atoms with van der Waals surface area (Å²) in [6.45, 7) is 2.56. The van der Waals surface area contributed by atoms with Gasteiger partial charge in [0, 0.05) is 44.1 Å². The largest absolute Gasteiger partial charge is 0.481 e. The van der Waals surface area contributed by atoms with Crippen molar-refractivity contribution >= 4 is 46.7 Å². The normalized spacial score (nSPS) is 16.5. The first kappa shape index (κ1) is 31.0. The zero-order chi connectivity index (χ0) is 31.3. The molecule has 15 nitrogen and oxygen atoms in total. The second-order valence-electron chi connectivity index (χ2n) is 10.3. The Bertz CT molecular complexity index is 1450. The molecule has 1 saturated carbocycles. The van der Waals surface area contributed by atoms with Crippen LogP contribution in [0.5, 0.6) is 5.75 Å². The van der Waals surface area contributed by atoms with Gasteiger partial charge in [-0.1, -0.05) is 0 Å². The van der Waals surface area contributed by atoms with E-state index in [0.717, 1.165) is 0 Å². The molecule has 0 spiro atoms.